The predicted molar refractivity (Wildman–Crippen MR) is 81.6 cm³/mol. The van der Waals surface area contributed by atoms with Crippen LogP contribution in [0.25, 0.3) is 0 Å². The van der Waals surface area contributed by atoms with Crippen LogP contribution in [-0.2, 0) is 6.42 Å². The highest BCUT2D eigenvalue weighted by atomic mass is 32.2. The number of fused-ring (bicyclic) bond motifs is 2. The summed E-state index contributed by atoms with van der Waals surface area (Å²) in [7, 11) is 0. The molecule has 1 aliphatic rings. The first kappa shape index (κ1) is 12.8. The molecule has 0 amide bonds. The molecule has 0 unspecified atom stereocenters. The molecule has 0 spiro atoms. The van der Waals surface area contributed by atoms with E-state index in [4.69, 9.17) is 0 Å². The first-order valence-electron chi connectivity index (χ1n) is 6.16. The van der Waals surface area contributed by atoms with Crippen molar-refractivity contribution >= 4 is 29.3 Å². The van der Waals surface area contributed by atoms with Gasteiger partial charge in [-0.2, -0.15) is 0 Å². The number of rotatable bonds is 1. The Morgan fingerprint density at radius 3 is 2.68 bits per heavy atom. The van der Waals surface area contributed by atoms with E-state index < -0.39 is 0 Å². The Labute approximate surface area is 121 Å². The second-order valence-electron chi connectivity index (χ2n) is 4.68. The normalized spacial score (nSPS) is 13.7. The second-order valence-corrected chi connectivity index (χ2v) is 6.64. The standard InChI is InChI=1S/C16H14OS2/c1-10-3-5-15-11(7-10)8-14(17)13-9-12(18-2)4-6-16(13)19-15/h3-7,9H,8H2,1-2H3. The zero-order chi connectivity index (χ0) is 13.4. The Kier molecular flexibility index (Phi) is 3.42. The Morgan fingerprint density at radius 1 is 1.11 bits per heavy atom. The van der Waals surface area contributed by atoms with Crippen molar-refractivity contribution in [1.82, 2.24) is 0 Å². The van der Waals surface area contributed by atoms with Crippen LogP contribution in [0.5, 0.6) is 0 Å². The molecule has 0 saturated carbocycles. The highest BCUT2D eigenvalue weighted by Crippen LogP contribution is 2.38. The topological polar surface area (TPSA) is 17.1 Å². The zero-order valence-electron chi connectivity index (χ0n) is 10.9. The fourth-order valence-electron chi connectivity index (χ4n) is 2.28. The summed E-state index contributed by atoms with van der Waals surface area (Å²) in [6.45, 7) is 2.07. The molecule has 3 rings (SSSR count). The van der Waals surface area contributed by atoms with E-state index in [0.29, 0.717) is 6.42 Å². The van der Waals surface area contributed by atoms with Crippen molar-refractivity contribution in [2.45, 2.75) is 28.0 Å². The van der Waals surface area contributed by atoms with Crippen molar-refractivity contribution in [3.8, 4) is 0 Å². The van der Waals surface area contributed by atoms with Crippen LogP contribution < -0.4 is 0 Å². The molecule has 19 heavy (non-hydrogen) atoms. The van der Waals surface area contributed by atoms with Gasteiger partial charge in [0.15, 0.2) is 5.78 Å². The molecule has 0 aromatic heterocycles. The zero-order valence-corrected chi connectivity index (χ0v) is 12.5. The van der Waals surface area contributed by atoms with Gasteiger partial charge >= 0.3 is 0 Å². The highest BCUT2D eigenvalue weighted by molar-refractivity contribution is 7.99. The van der Waals surface area contributed by atoms with Crippen molar-refractivity contribution in [1.29, 1.82) is 0 Å². The van der Waals surface area contributed by atoms with Crippen LogP contribution >= 0.6 is 23.5 Å². The van der Waals surface area contributed by atoms with Crippen molar-refractivity contribution in [2.24, 2.45) is 0 Å². The highest BCUT2D eigenvalue weighted by Gasteiger charge is 2.20. The molecular weight excluding hydrogens is 272 g/mol. The van der Waals surface area contributed by atoms with Crippen molar-refractivity contribution in [2.75, 3.05) is 6.26 Å². The number of hydrogen-bond acceptors (Lipinski definition) is 3. The maximum atomic E-state index is 12.4. The van der Waals surface area contributed by atoms with Gasteiger partial charge in [0, 0.05) is 26.7 Å². The minimum absolute atomic E-state index is 0.225. The van der Waals surface area contributed by atoms with E-state index >= 15 is 0 Å². The van der Waals surface area contributed by atoms with Gasteiger partial charge in [-0.1, -0.05) is 29.5 Å². The lowest BCUT2D eigenvalue weighted by Gasteiger charge is -2.06. The average Bonchev–Trinajstić information content (AvgIpc) is 2.54. The fraction of sp³-hybridized carbons (Fsp3) is 0.188. The number of benzene rings is 2. The number of thioether (sulfide) groups is 1. The molecule has 1 aliphatic heterocycles. The quantitative estimate of drug-likeness (QED) is 0.713. The van der Waals surface area contributed by atoms with E-state index in [0.717, 1.165) is 20.9 Å². The third-order valence-corrected chi connectivity index (χ3v) is 5.19. The van der Waals surface area contributed by atoms with Crippen LogP contribution in [0.1, 0.15) is 21.5 Å². The summed E-state index contributed by atoms with van der Waals surface area (Å²) in [5.41, 5.74) is 3.23. The third kappa shape index (κ3) is 2.45. The van der Waals surface area contributed by atoms with E-state index in [2.05, 4.69) is 37.3 Å². The van der Waals surface area contributed by atoms with E-state index in [1.165, 1.54) is 10.5 Å². The van der Waals surface area contributed by atoms with Gasteiger partial charge in [0.1, 0.15) is 0 Å². The maximum Gasteiger partial charge on any atom is 0.168 e. The minimum Gasteiger partial charge on any atom is -0.294 e. The molecule has 0 radical (unpaired) electrons. The molecule has 0 aliphatic carbocycles. The monoisotopic (exact) mass is 286 g/mol. The summed E-state index contributed by atoms with van der Waals surface area (Å²) in [4.78, 5) is 15.9. The molecule has 0 fully saturated rings. The lowest BCUT2D eigenvalue weighted by Crippen LogP contribution is -2.03. The van der Waals surface area contributed by atoms with Gasteiger partial charge in [0.2, 0.25) is 0 Å². The van der Waals surface area contributed by atoms with Gasteiger partial charge in [-0.25, -0.2) is 0 Å². The van der Waals surface area contributed by atoms with E-state index in [1.807, 2.05) is 12.3 Å². The molecule has 1 nitrogen and oxygen atoms in total. The smallest absolute Gasteiger partial charge is 0.168 e. The Morgan fingerprint density at radius 2 is 1.89 bits per heavy atom. The number of hydrogen-bond donors (Lipinski definition) is 0. The molecular formula is C16H14OS2. The maximum absolute atomic E-state index is 12.4. The molecule has 0 N–H and O–H groups in total. The van der Waals surface area contributed by atoms with Gasteiger partial charge < -0.3 is 0 Å². The van der Waals surface area contributed by atoms with Gasteiger partial charge in [-0.3, -0.25) is 4.79 Å². The Bertz CT molecular complexity index is 662. The Balaban J connectivity index is 2.12. The van der Waals surface area contributed by atoms with Gasteiger partial charge in [-0.05, 0) is 43.0 Å². The van der Waals surface area contributed by atoms with Crippen LogP contribution in [0, 0.1) is 6.92 Å². The summed E-state index contributed by atoms with van der Waals surface area (Å²) in [5.74, 6) is 0.225. The summed E-state index contributed by atoms with van der Waals surface area (Å²) >= 11 is 3.38. The number of aryl methyl sites for hydroxylation is 1. The van der Waals surface area contributed by atoms with E-state index in [-0.39, 0.29) is 5.78 Å². The SMILES string of the molecule is CSc1ccc2c(c1)C(=O)Cc1cc(C)ccc1S2. The van der Waals surface area contributed by atoms with Crippen molar-refractivity contribution < 1.29 is 4.79 Å². The summed E-state index contributed by atoms with van der Waals surface area (Å²) in [6, 6.07) is 12.5. The van der Waals surface area contributed by atoms with Crippen LogP contribution in [0.15, 0.2) is 51.1 Å². The molecule has 2 aromatic carbocycles. The first-order chi connectivity index (χ1) is 9.17. The van der Waals surface area contributed by atoms with E-state index in [9.17, 15) is 4.79 Å². The molecule has 96 valence electrons. The van der Waals surface area contributed by atoms with Gasteiger partial charge in [0.25, 0.3) is 0 Å². The summed E-state index contributed by atoms with van der Waals surface area (Å²) in [6.07, 6.45) is 2.54. The van der Waals surface area contributed by atoms with Crippen molar-refractivity contribution in [3.05, 3.63) is 53.1 Å². The van der Waals surface area contributed by atoms with Crippen molar-refractivity contribution in [3.63, 3.8) is 0 Å². The molecule has 0 saturated heterocycles. The number of carbonyl (C=O) groups excluding carboxylic acids is 1. The molecule has 2 aromatic rings. The molecule has 0 bridgehead atoms. The summed E-state index contributed by atoms with van der Waals surface area (Å²) < 4.78 is 0. The number of carbonyl (C=O) groups is 1. The molecule has 3 heteroatoms. The summed E-state index contributed by atoms with van der Waals surface area (Å²) in [5, 5.41) is 0. The number of ketones is 1. The van der Waals surface area contributed by atoms with Crippen LogP contribution in [0.3, 0.4) is 0 Å². The lowest BCUT2D eigenvalue weighted by molar-refractivity contribution is 0.0990. The van der Waals surface area contributed by atoms with E-state index in [1.54, 1.807) is 23.5 Å². The average molecular weight is 286 g/mol. The minimum atomic E-state index is 0.225. The predicted octanol–water partition coefficient (Wildman–Crippen LogP) is 4.61. The largest absolute Gasteiger partial charge is 0.294 e. The van der Waals surface area contributed by atoms with Crippen LogP contribution in [0.2, 0.25) is 0 Å². The molecule has 0 atom stereocenters. The Hall–Kier alpha value is -1.19. The lowest BCUT2D eigenvalue weighted by atomic mass is 10.0. The molecule has 1 heterocycles. The fourth-order valence-corrected chi connectivity index (χ4v) is 3.77. The number of Topliss-reactive ketones (excluding diaryl/α,β-unsaturated/α-hetero) is 1. The van der Waals surface area contributed by atoms with Crippen LogP contribution in [0.4, 0.5) is 0 Å². The van der Waals surface area contributed by atoms with Gasteiger partial charge in [-0.15, -0.1) is 11.8 Å². The van der Waals surface area contributed by atoms with Gasteiger partial charge in [0.05, 0.1) is 0 Å². The second kappa shape index (κ2) is 5.06. The van der Waals surface area contributed by atoms with Crippen LogP contribution in [-0.4, -0.2) is 12.0 Å². The third-order valence-electron chi connectivity index (χ3n) is 3.27. The first-order valence-corrected chi connectivity index (χ1v) is 8.20.